The Morgan fingerprint density at radius 1 is 1.25 bits per heavy atom. The van der Waals surface area contributed by atoms with Gasteiger partial charge in [0.2, 0.25) is 0 Å². The highest BCUT2D eigenvalue weighted by atomic mass is 79.9. The minimum Gasteiger partial charge on any atom is -0.397 e. The molecular formula is C12H9BrClFN2O2S. The molecule has 0 aliphatic carbocycles. The molecule has 0 spiro atoms. The minimum absolute atomic E-state index is 0.00149. The van der Waals surface area contributed by atoms with Crippen molar-refractivity contribution in [3.8, 4) is 0 Å². The minimum atomic E-state index is -3.96. The van der Waals surface area contributed by atoms with Crippen LogP contribution in [0.15, 0.2) is 45.8 Å². The summed E-state index contributed by atoms with van der Waals surface area (Å²) in [7, 11) is -3.96. The van der Waals surface area contributed by atoms with Crippen LogP contribution in [0.3, 0.4) is 0 Å². The van der Waals surface area contributed by atoms with E-state index in [1.165, 1.54) is 30.3 Å². The van der Waals surface area contributed by atoms with Gasteiger partial charge in [-0.05, 0) is 46.3 Å². The second kappa shape index (κ2) is 5.59. The van der Waals surface area contributed by atoms with Crippen LogP contribution >= 0.6 is 27.5 Å². The summed E-state index contributed by atoms with van der Waals surface area (Å²) >= 11 is 8.93. The van der Waals surface area contributed by atoms with Crippen LogP contribution in [0.2, 0.25) is 5.02 Å². The second-order valence-electron chi connectivity index (χ2n) is 3.89. The molecule has 0 radical (unpaired) electrons. The highest BCUT2D eigenvalue weighted by Gasteiger charge is 2.18. The van der Waals surface area contributed by atoms with Gasteiger partial charge in [0.05, 0.1) is 15.6 Å². The van der Waals surface area contributed by atoms with Crippen LogP contribution in [0.5, 0.6) is 0 Å². The van der Waals surface area contributed by atoms with Crippen molar-refractivity contribution in [2.75, 3.05) is 10.5 Å². The maximum Gasteiger partial charge on any atom is 0.262 e. The fourth-order valence-corrected chi connectivity index (χ4v) is 3.26. The molecule has 0 aliphatic rings. The van der Waals surface area contributed by atoms with Crippen LogP contribution in [0.4, 0.5) is 15.8 Å². The van der Waals surface area contributed by atoms with Crippen molar-refractivity contribution in [1.29, 1.82) is 0 Å². The zero-order valence-corrected chi connectivity index (χ0v) is 13.1. The van der Waals surface area contributed by atoms with Crippen molar-refractivity contribution in [1.82, 2.24) is 0 Å². The van der Waals surface area contributed by atoms with Gasteiger partial charge in [-0.25, -0.2) is 12.8 Å². The number of benzene rings is 2. The van der Waals surface area contributed by atoms with Crippen LogP contribution < -0.4 is 10.5 Å². The summed E-state index contributed by atoms with van der Waals surface area (Å²) in [5.74, 6) is -0.749. The number of halogens is 3. The molecule has 0 aromatic heterocycles. The number of nitrogen functional groups attached to an aromatic ring is 1. The van der Waals surface area contributed by atoms with Crippen LogP contribution in [-0.2, 0) is 10.0 Å². The van der Waals surface area contributed by atoms with Gasteiger partial charge < -0.3 is 5.73 Å². The smallest absolute Gasteiger partial charge is 0.262 e. The molecule has 0 amide bonds. The van der Waals surface area contributed by atoms with Gasteiger partial charge in [0.15, 0.2) is 0 Å². The number of rotatable bonds is 3. The average Bonchev–Trinajstić information content (AvgIpc) is 2.37. The van der Waals surface area contributed by atoms with E-state index >= 15 is 0 Å². The molecule has 106 valence electrons. The Morgan fingerprint density at radius 3 is 2.55 bits per heavy atom. The van der Waals surface area contributed by atoms with Crippen LogP contribution in [-0.4, -0.2) is 8.42 Å². The third kappa shape index (κ3) is 3.05. The van der Waals surface area contributed by atoms with E-state index in [1.54, 1.807) is 0 Å². The summed E-state index contributed by atoms with van der Waals surface area (Å²) in [6, 6.07) is 7.96. The van der Waals surface area contributed by atoms with E-state index < -0.39 is 15.8 Å². The summed E-state index contributed by atoms with van der Waals surface area (Å²) in [5, 5.41) is 0.370. The molecule has 0 saturated heterocycles. The molecule has 4 nitrogen and oxygen atoms in total. The molecular weight excluding hydrogens is 371 g/mol. The summed E-state index contributed by atoms with van der Waals surface area (Å²) in [4.78, 5) is -0.0589. The van der Waals surface area contributed by atoms with E-state index in [-0.39, 0.29) is 16.3 Å². The molecule has 0 saturated carbocycles. The molecule has 8 heteroatoms. The van der Waals surface area contributed by atoms with Gasteiger partial charge in [-0.1, -0.05) is 17.7 Å². The number of nitrogens with one attached hydrogen (secondary N) is 1. The van der Waals surface area contributed by atoms with Gasteiger partial charge >= 0.3 is 0 Å². The van der Waals surface area contributed by atoms with Gasteiger partial charge in [-0.15, -0.1) is 0 Å². The molecule has 2 rings (SSSR count). The lowest BCUT2D eigenvalue weighted by Crippen LogP contribution is -2.15. The Kier molecular flexibility index (Phi) is 4.22. The zero-order valence-electron chi connectivity index (χ0n) is 9.90. The van der Waals surface area contributed by atoms with Crippen molar-refractivity contribution in [3.05, 3.63) is 51.7 Å². The second-order valence-corrected chi connectivity index (χ2v) is 6.83. The number of sulfonamides is 1. The number of hydrogen-bond acceptors (Lipinski definition) is 3. The Hall–Kier alpha value is -1.31. The highest BCUT2D eigenvalue weighted by molar-refractivity contribution is 9.10. The van der Waals surface area contributed by atoms with Gasteiger partial charge in [-0.3, -0.25) is 4.72 Å². The predicted molar refractivity (Wildman–Crippen MR) is 80.8 cm³/mol. The van der Waals surface area contributed by atoms with Crippen molar-refractivity contribution >= 4 is 48.9 Å². The Labute approximate surface area is 128 Å². The van der Waals surface area contributed by atoms with E-state index in [9.17, 15) is 12.8 Å². The highest BCUT2D eigenvalue weighted by Crippen LogP contribution is 2.28. The third-order valence-corrected chi connectivity index (χ3v) is 5.04. The third-order valence-electron chi connectivity index (χ3n) is 2.48. The van der Waals surface area contributed by atoms with Gasteiger partial charge in [0.25, 0.3) is 10.0 Å². The normalized spacial score (nSPS) is 11.3. The average molecular weight is 380 g/mol. The molecule has 2 aromatic rings. The van der Waals surface area contributed by atoms with Gasteiger partial charge in [-0.2, -0.15) is 0 Å². The molecule has 0 atom stereocenters. The molecule has 3 N–H and O–H groups in total. The lowest BCUT2D eigenvalue weighted by Gasteiger charge is -2.11. The largest absolute Gasteiger partial charge is 0.397 e. The van der Waals surface area contributed by atoms with Crippen molar-refractivity contribution in [3.63, 3.8) is 0 Å². The molecule has 0 heterocycles. The van der Waals surface area contributed by atoms with Gasteiger partial charge in [0.1, 0.15) is 11.5 Å². The fraction of sp³-hybridized carbons (Fsp3) is 0. The topological polar surface area (TPSA) is 72.2 Å². The first-order chi connectivity index (χ1) is 9.31. The first kappa shape index (κ1) is 15.1. The molecule has 0 fully saturated rings. The van der Waals surface area contributed by atoms with Crippen LogP contribution in [0.1, 0.15) is 0 Å². The molecule has 0 aliphatic heterocycles. The van der Waals surface area contributed by atoms with E-state index in [1.807, 2.05) is 0 Å². The SMILES string of the molecule is Nc1cccc(F)c1NS(=O)(=O)c1ccc(Cl)c(Br)c1. The maximum absolute atomic E-state index is 13.6. The van der Waals surface area contributed by atoms with E-state index in [0.29, 0.717) is 9.50 Å². The standard InChI is InChI=1S/C12H9BrClFN2O2S/c13-8-6-7(4-5-9(8)14)20(18,19)17-12-10(15)2-1-3-11(12)16/h1-6,17H,16H2. The predicted octanol–water partition coefficient (Wildman–Crippen LogP) is 3.62. The summed E-state index contributed by atoms with van der Waals surface area (Å²) in [5.41, 5.74) is 5.29. The van der Waals surface area contributed by atoms with E-state index in [2.05, 4.69) is 20.7 Å². The fourth-order valence-electron chi connectivity index (χ4n) is 1.49. The van der Waals surface area contributed by atoms with E-state index in [4.69, 9.17) is 17.3 Å². The quantitative estimate of drug-likeness (QED) is 0.800. The molecule has 0 unspecified atom stereocenters. The first-order valence-electron chi connectivity index (χ1n) is 5.33. The van der Waals surface area contributed by atoms with Crippen LogP contribution in [0.25, 0.3) is 0 Å². The van der Waals surface area contributed by atoms with Crippen molar-refractivity contribution in [2.45, 2.75) is 4.90 Å². The first-order valence-corrected chi connectivity index (χ1v) is 7.98. The number of hydrogen-bond donors (Lipinski definition) is 2. The maximum atomic E-state index is 13.6. The zero-order chi connectivity index (χ0) is 14.9. The summed E-state index contributed by atoms with van der Waals surface area (Å²) < 4.78 is 40.5. The van der Waals surface area contributed by atoms with Crippen molar-refractivity contribution < 1.29 is 12.8 Å². The monoisotopic (exact) mass is 378 g/mol. The summed E-state index contributed by atoms with van der Waals surface area (Å²) in [6.07, 6.45) is 0. The number of anilines is 2. The lowest BCUT2D eigenvalue weighted by atomic mass is 10.3. The molecule has 20 heavy (non-hydrogen) atoms. The Bertz CT molecular complexity index is 748. The Morgan fingerprint density at radius 2 is 1.95 bits per heavy atom. The van der Waals surface area contributed by atoms with Gasteiger partial charge in [0, 0.05) is 4.47 Å². The molecule has 2 aromatic carbocycles. The molecule has 0 bridgehead atoms. The van der Waals surface area contributed by atoms with E-state index in [0.717, 1.165) is 6.07 Å². The summed E-state index contributed by atoms with van der Waals surface area (Å²) in [6.45, 7) is 0. The number of nitrogens with two attached hydrogens (primary N) is 1. The van der Waals surface area contributed by atoms with Crippen molar-refractivity contribution in [2.24, 2.45) is 0 Å². The van der Waals surface area contributed by atoms with Crippen LogP contribution in [0, 0.1) is 5.82 Å². The Balaban J connectivity index is 2.43. The lowest BCUT2D eigenvalue weighted by molar-refractivity contribution is 0.598. The number of para-hydroxylation sites is 1.